The summed E-state index contributed by atoms with van der Waals surface area (Å²) in [6, 6.07) is 2.04. The van der Waals surface area contributed by atoms with Crippen LogP contribution in [0.15, 0.2) is 16.8 Å². The van der Waals surface area contributed by atoms with Crippen LogP contribution in [0.5, 0.6) is 0 Å². The molecule has 0 bridgehead atoms. The molecule has 0 saturated carbocycles. The van der Waals surface area contributed by atoms with Crippen LogP contribution in [-0.2, 0) is 9.53 Å². The van der Waals surface area contributed by atoms with E-state index in [1.807, 2.05) is 37.1 Å². The molecule has 2 amide bonds. The van der Waals surface area contributed by atoms with Crippen molar-refractivity contribution in [2.75, 3.05) is 18.8 Å². The summed E-state index contributed by atoms with van der Waals surface area (Å²) in [5.74, 6) is 0.606. The van der Waals surface area contributed by atoms with Crippen molar-refractivity contribution in [3.63, 3.8) is 0 Å². The first-order valence-corrected chi connectivity index (χ1v) is 8.76. The van der Waals surface area contributed by atoms with Crippen LogP contribution in [0.3, 0.4) is 0 Å². The van der Waals surface area contributed by atoms with Crippen molar-refractivity contribution in [1.29, 1.82) is 0 Å². The zero-order chi connectivity index (χ0) is 15.5. The molecule has 1 unspecified atom stereocenters. The minimum atomic E-state index is -0.511. The molecule has 1 aliphatic heterocycles. The Balaban J connectivity index is 1.84. The van der Waals surface area contributed by atoms with Gasteiger partial charge in [0.2, 0.25) is 5.91 Å². The molecule has 21 heavy (non-hydrogen) atoms. The minimum Gasteiger partial charge on any atom is -0.444 e. The number of carbonyl (C=O) groups excluding carboxylic acids is 2. The smallest absolute Gasteiger partial charge is 0.407 e. The van der Waals surface area contributed by atoms with Gasteiger partial charge in [-0.15, -0.1) is 11.8 Å². The topological polar surface area (TPSA) is 58.6 Å². The second-order valence-corrected chi connectivity index (χ2v) is 7.58. The summed E-state index contributed by atoms with van der Waals surface area (Å²) < 4.78 is 5.17. The van der Waals surface area contributed by atoms with Gasteiger partial charge in [-0.2, -0.15) is 11.3 Å². The first-order valence-electron chi connectivity index (χ1n) is 6.77. The van der Waals surface area contributed by atoms with Crippen molar-refractivity contribution in [3.8, 4) is 0 Å². The molecule has 0 aromatic carbocycles. The molecular weight excluding hydrogens is 308 g/mol. The highest BCUT2D eigenvalue weighted by atomic mass is 32.2. The van der Waals surface area contributed by atoms with Crippen LogP contribution >= 0.6 is 23.1 Å². The van der Waals surface area contributed by atoms with Crippen molar-refractivity contribution in [2.45, 2.75) is 31.7 Å². The number of nitrogens with one attached hydrogen (secondary N) is 1. The Kier molecular flexibility index (Phi) is 5.16. The Morgan fingerprint density at radius 3 is 2.90 bits per heavy atom. The van der Waals surface area contributed by atoms with Gasteiger partial charge in [-0.05, 0) is 43.2 Å². The number of ether oxygens (including phenoxy) is 1. The van der Waals surface area contributed by atoms with Crippen molar-refractivity contribution in [1.82, 2.24) is 10.2 Å². The highest BCUT2D eigenvalue weighted by Crippen LogP contribution is 2.38. The SMILES string of the molecule is CC(C)(C)OC(=O)NCCN1C(=O)CSC1c1ccsc1. The third kappa shape index (κ3) is 4.64. The molecule has 7 heteroatoms. The second-order valence-electron chi connectivity index (χ2n) is 5.74. The molecule has 5 nitrogen and oxygen atoms in total. The number of hydrogen-bond acceptors (Lipinski definition) is 5. The number of thioether (sulfide) groups is 1. The monoisotopic (exact) mass is 328 g/mol. The normalized spacial score (nSPS) is 18.9. The maximum absolute atomic E-state index is 11.9. The first-order chi connectivity index (χ1) is 9.87. The molecule has 1 aromatic heterocycles. The lowest BCUT2D eigenvalue weighted by Crippen LogP contribution is -2.39. The van der Waals surface area contributed by atoms with Gasteiger partial charge in [0.15, 0.2) is 0 Å². The lowest BCUT2D eigenvalue weighted by atomic mass is 10.2. The molecule has 0 radical (unpaired) electrons. The zero-order valence-electron chi connectivity index (χ0n) is 12.4. The highest BCUT2D eigenvalue weighted by molar-refractivity contribution is 8.00. The predicted octanol–water partition coefficient (Wildman–Crippen LogP) is 2.85. The van der Waals surface area contributed by atoms with Gasteiger partial charge < -0.3 is 15.0 Å². The van der Waals surface area contributed by atoms with E-state index in [0.717, 1.165) is 5.56 Å². The maximum Gasteiger partial charge on any atom is 0.407 e. The molecule has 0 spiro atoms. The summed E-state index contributed by atoms with van der Waals surface area (Å²) in [4.78, 5) is 25.3. The van der Waals surface area contributed by atoms with Gasteiger partial charge in [0.1, 0.15) is 11.0 Å². The largest absolute Gasteiger partial charge is 0.444 e. The quantitative estimate of drug-likeness (QED) is 0.923. The van der Waals surface area contributed by atoms with E-state index < -0.39 is 11.7 Å². The van der Waals surface area contributed by atoms with Gasteiger partial charge in [-0.3, -0.25) is 4.79 Å². The van der Waals surface area contributed by atoms with Crippen LogP contribution in [0.1, 0.15) is 31.7 Å². The highest BCUT2D eigenvalue weighted by Gasteiger charge is 2.32. The van der Waals surface area contributed by atoms with Crippen LogP contribution in [0.2, 0.25) is 0 Å². The summed E-state index contributed by atoms with van der Waals surface area (Å²) in [7, 11) is 0. The van der Waals surface area contributed by atoms with E-state index in [0.29, 0.717) is 18.8 Å². The lowest BCUT2D eigenvalue weighted by Gasteiger charge is -2.24. The molecule has 2 heterocycles. The van der Waals surface area contributed by atoms with Crippen LogP contribution < -0.4 is 5.32 Å². The third-order valence-corrected chi connectivity index (χ3v) is 4.77. The van der Waals surface area contributed by atoms with E-state index in [2.05, 4.69) is 10.7 Å². The summed E-state index contributed by atoms with van der Waals surface area (Å²) in [5.41, 5.74) is 0.635. The maximum atomic E-state index is 11.9. The Morgan fingerprint density at radius 1 is 1.52 bits per heavy atom. The summed E-state index contributed by atoms with van der Waals surface area (Å²) >= 11 is 3.25. The van der Waals surface area contributed by atoms with Crippen molar-refractivity contribution in [3.05, 3.63) is 22.4 Å². The van der Waals surface area contributed by atoms with E-state index in [1.165, 1.54) is 0 Å². The fraction of sp³-hybridized carbons (Fsp3) is 0.571. The van der Waals surface area contributed by atoms with Crippen LogP contribution in [0, 0.1) is 0 Å². The predicted molar refractivity (Wildman–Crippen MR) is 85.5 cm³/mol. The van der Waals surface area contributed by atoms with E-state index in [9.17, 15) is 9.59 Å². The van der Waals surface area contributed by atoms with Crippen LogP contribution in [0.4, 0.5) is 4.79 Å². The Morgan fingerprint density at radius 2 is 2.29 bits per heavy atom. The Bertz CT molecular complexity index is 497. The molecule has 1 aromatic rings. The van der Waals surface area contributed by atoms with Crippen molar-refractivity contribution in [2.24, 2.45) is 0 Å². The first kappa shape index (κ1) is 16.2. The molecule has 0 aliphatic carbocycles. The van der Waals surface area contributed by atoms with E-state index in [1.54, 1.807) is 23.1 Å². The molecule has 1 atom stereocenters. The molecule has 116 valence electrons. The molecule has 1 aliphatic rings. The molecule has 1 fully saturated rings. The number of amides is 2. The number of rotatable bonds is 4. The van der Waals surface area contributed by atoms with Crippen LogP contribution in [-0.4, -0.2) is 41.3 Å². The second kappa shape index (κ2) is 6.70. The van der Waals surface area contributed by atoms with E-state index in [-0.39, 0.29) is 11.3 Å². The summed E-state index contributed by atoms with van der Waals surface area (Å²) in [6.07, 6.45) is -0.450. The molecule has 1 N–H and O–H groups in total. The summed E-state index contributed by atoms with van der Waals surface area (Å²) in [5, 5.41) is 6.82. The number of nitrogens with zero attached hydrogens (tertiary/aromatic N) is 1. The Labute approximate surface area is 133 Å². The number of carbonyl (C=O) groups is 2. The van der Waals surface area contributed by atoms with Gasteiger partial charge >= 0.3 is 6.09 Å². The number of thiophene rings is 1. The third-order valence-electron chi connectivity index (χ3n) is 2.82. The molecular formula is C14H20N2O3S2. The molecule has 1 saturated heterocycles. The fourth-order valence-corrected chi connectivity index (χ4v) is 3.95. The van der Waals surface area contributed by atoms with Gasteiger partial charge in [-0.25, -0.2) is 4.79 Å². The van der Waals surface area contributed by atoms with E-state index in [4.69, 9.17) is 4.74 Å². The van der Waals surface area contributed by atoms with Gasteiger partial charge in [0.05, 0.1) is 5.75 Å². The van der Waals surface area contributed by atoms with Gasteiger partial charge in [-0.1, -0.05) is 0 Å². The van der Waals surface area contributed by atoms with E-state index >= 15 is 0 Å². The average molecular weight is 328 g/mol. The zero-order valence-corrected chi connectivity index (χ0v) is 14.1. The average Bonchev–Trinajstić information content (AvgIpc) is 2.97. The Hall–Kier alpha value is -1.21. The number of alkyl carbamates (subject to hydrolysis) is 1. The van der Waals surface area contributed by atoms with Crippen LogP contribution in [0.25, 0.3) is 0 Å². The minimum absolute atomic E-state index is 0.0594. The number of hydrogen-bond donors (Lipinski definition) is 1. The standard InChI is InChI=1S/C14H20N2O3S2/c1-14(2,3)19-13(18)15-5-6-16-11(17)9-21-12(16)10-4-7-20-8-10/h4,7-8,12H,5-6,9H2,1-3H3,(H,15,18). The van der Waals surface area contributed by atoms with Gasteiger partial charge in [0.25, 0.3) is 0 Å². The molecule has 2 rings (SSSR count). The van der Waals surface area contributed by atoms with Gasteiger partial charge in [0, 0.05) is 13.1 Å². The van der Waals surface area contributed by atoms with Crippen molar-refractivity contribution < 1.29 is 14.3 Å². The fourth-order valence-electron chi connectivity index (χ4n) is 1.98. The lowest BCUT2D eigenvalue weighted by molar-refractivity contribution is -0.128. The summed E-state index contributed by atoms with van der Waals surface area (Å²) in [6.45, 7) is 6.34. The van der Waals surface area contributed by atoms with Crippen molar-refractivity contribution >= 4 is 35.1 Å².